The van der Waals surface area contributed by atoms with Gasteiger partial charge in [-0.25, -0.2) is 4.79 Å². The van der Waals surface area contributed by atoms with Crippen molar-refractivity contribution in [2.45, 2.75) is 51.2 Å². The summed E-state index contributed by atoms with van der Waals surface area (Å²) in [5.41, 5.74) is 2.04. The molecule has 3 atom stereocenters. The number of piperidine rings is 1. The predicted octanol–water partition coefficient (Wildman–Crippen LogP) is 4.96. The van der Waals surface area contributed by atoms with Crippen molar-refractivity contribution in [1.29, 1.82) is 0 Å². The summed E-state index contributed by atoms with van der Waals surface area (Å²) in [6.45, 7) is 6.66. The van der Waals surface area contributed by atoms with E-state index in [1.165, 1.54) is 0 Å². The molecule has 2 aromatic rings. The third kappa shape index (κ3) is 5.39. The summed E-state index contributed by atoms with van der Waals surface area (Å²) < 4.78 is 16.9. The van der Waals surface area contributed by atoms with Gasteiger partial charge >= 0.3 is 6.09 Å². The molecule has 1 saturated heterocycles. The van der Waals surface area contributed by atoms with Gasteiger partial charge in [-0.3, -0.25) is 4.90 Å². The van der Waals surface area contributed by atoms with E-state index in [1.54, 1.807) is 12.0 Å². The Morgan fingerprint density at radius 3 is 2.41 bits per heavy atom. The van der Waals surface area contributed by atoms with Gasteiger partial charge in [-0.15, -0.1) is 6.58 Å². The molecule has 0 spiro atoms. The summed E-state index contributed by atoms with van der Waals surface area (Å²) >= 11 is 0. The van der Waals surface area contributed by atoms with Crippen LogP contribution in [0, 0.1) is 0 Å². The van der Waals surface area contributed by atoms with Crippen molar-refractivity contribution >= 4 is 6.09 Å². The summed E-state index contributed by atoms with van der Waals surface area (Å²) in [5.74, 6) is 0.820. The van der Waals surface area contributed by atoms with E-state index in [-0.39, 0.29) is 30.9 Å². The quantitative estimate of drug-likeness (QED) is 0.622. The van der Waals surface area contributed by atoms with Crippen LogP contribution in [0.2, 0.25) is 0 Å². The molecule has 0 bridgehead atoms. The highest BCUT2D eigenvalue weighted by molar-refractivity contribution is 5.69. The smallest absolute Gasteiger partial charge is 0.410 e. The van der Waals surface area contributed by atoms with Gasteiger partial charge in [0, 0.05) is 0 Å². The van der Waals surface area contributed by atoms with Crippen LogP contribution in [-0.4, -0.2) is 36.3 Å². The van der Waals surface area contributed by atoms with Crippen LogP contribution in [0.5, 0.6) is 5.75 Å². The number of carbonyl (C=O) groups excluding carboxylic acids is 1. The van der Waals surface area contributed by atoms with E-state index in [9.17, 15) is 4.79 Å². The predicted molar refractivity (Wildman–Crippen MR) is 113 cm³/mol. The zero-order valence-corrected chi connectivity index (χ0v) is 17.1. The van der Waals surface area contributed by atoms with Crippen LogP contribution in [0.3, 0.4) is 0 Å². The van der Waals surface area contributed by atoms with Crippen molar-refractivity contribution in [2.24, 2.45) is 0 Å². The molecule has 0 unspecified atom stereocenters. The van der Waals surface area contributed by atoms with Crippen LogP contribution in [0.15, 0.2) is 67.3 Å². The average molecular weight is 395 g/mol. The van der Waals surface area contributed by atoms with E-state index in [4.69, 9.17) is 14.2 Å². The lowest BCUT2D eigenvalue weighted by atomic mass is 9.94. The lowest BCUT2D eigenvalue weighted by Gasteiger charge is -2.42. The maximum absolute atomic E-state index is 12.8. The number of likely N-dealkylation sites (tertiary alicyclic amines) is 1. The first-order valence-electron chi connectivity index (χ1n) is 9.98. The second-order valence-corrected chi connectivity index (χ2v) is 7.27. The summed E-state index contributed by atoms with van der Waals surface area (Å²) in [4.78, 5) is 14.6. The number of amides is 1. The summed E-state index contributed by atoms with van der Waals surface area (Å²) in [7, 11) is 1.65. The molecule has 0 saturated carbocycles. The van der Waals surface area contributed by atoms with Crippen molar-refractivity contribution in [3.8, 4) is 5.75 Å². The first-order valence-corrected chi connectivity index (χ1v) is 9.98. The Morgan fingerprint density at radius 1 is 1.07 bits per heavy atom. The SMILES string of the molecule is C=C[C@@H]1CC[C@@H](OCc2ccc(OC)cc2)[C@@H](C)N1C(=O)OCc1ccccc1. The van der Waals surface area contributed by atoms with Crippen LogP contribution in [0.1, 0.15) is 30.9 Å². The zero-order valence-electron chi connectivity index (χ0n) is 17.1. The van der Waals surface area contributed by atoms with E-state index < -0.39 is 0 Å². The van der Waals surface area contributed by atoms with Gasteiger partial charge in [0.2, 0.25) is 0 Å². The van der Waals surface area contributed by atoms with Gasteiger partial charge in [0.25, 0.3) is 0 Å². The van der Waals surface area contributed by atoms with Gasteiger partial charge in [-0.05, 0) is 43.0 Å². The van der Waals surface area contributed by atoms with Crippen LogP contribution >= 0.6 is 0 Å². The number of ether oxygens (including phenoxy) is 3. The number of rotatable bonds is 7. The molecule has 29 heavy (non-hydrogen) atoms. The fourth-order valence-electron chi connectivity index (χ4n) is 3.67. The first-order chi connectivity index (χ1) is 14.1. The maximum Gasteiger partial charge on any atom is 0.410 e. The maximum atomic E-state index is 12.8. The lowest BCUT2D eigenvalue weighted by molar-refractivity contribution is -0.0535. The Labute approximate surface area is 172 Å². The molecule has 2 aromatic carbocycles. The number of benzene rings is 2. The summed E-state index contributed by atoms with van der Waals surface area (Å²) in [5, 5.41) is 0. The van der Waals surface area contributed by atoms with Crippen molar-refractivity contribution in [1.82, 2.24) is 4.90 Å². The average Bonchev–Trinajstić information content (AvgIpc) is 2.77. The normalized spacial score (nSPS) is 21.4. The molecule has 5 heteroatoms. The Morgan fingerprint density at radius 2 is 1.76 bits per heavy atom. The molecule has 1 aliphatic rings. The number of hydrogen-bond acceptors (Lipinski definition) is 4. The van der Waals surface area contributed by atoms with Gasteiger partial charge in [-0.1, -0.05) is 48.5 Å². The molecule has 1 fully saturated rings. The van der Waals surface area contributed by atoms with Crippen LogP contribution < -0.4 is 4.74 Å². The second kappa shape index (κ2) is 10.1. The van der Waals surface area contributed by atoms with Gasteiger partial charge in [0.05, 0.1) is 31.9 Å². The topological polar surface area (TPSA) is 48.0 Å². The fraction of sp³-hybridized carbons (Fsp3) is 0.375. The molecule has 1 aliphatic heterocycles. The molecule has 154 valence electrons. The number of carbonyl (C=O) groups is 1. The van der Waals surface area contributed by atoms with Gasteiger partial charge in [0.15, 0.2) is 0 Å². The van der Waals surface area contributed by atoms with E-state index >= 15 is 0 Å². The van der Waals surface area contributed by atoms with E-state index in [2.05, 4.69) is 6.58 Å². The fourth-order valence-corrected chi connectivity index (χ4v) is 3.67. The molecular formula is C24H29NO4. The van der Waals surface area contributed by atoms with Crippen molar-refractivity contribution in [2.75, 3.05) is 7.11 Å². The van der Waals surface area contributed by atoms with Crippen LogP contribution in [0.25, 0.3) is 0 Å². The minimum Gasteiger partial charge on any atom is -0.497 e. The van der Waals surface area contributed by atoms with E-state index in [0.29, 0.717) is 6.61 Å². The highest BCUT2D eigenvalue weighted by Gasteiger charge is 2.37. The lowest BCUT2D eigenvalue weighted by Crippen LogP contribution is -2.54. The molecule has 5 nitrogen and oxygen atoms in total. The van der Waals surface area contributed by atoms with Gasteiger partial charge < -0.3 is 14.2 Å². The monoisotopic (exact) mass is 395 g/mol. The minimum atomic E-state index is -0.330. The van der Waals surface area contributed by atoms with E-state index in [0.717, 1.165) is 29.7 Å². The second-order valence-electron chi connectivity index (χ2n) is 7.27. The van der Waals surface area contributed by atoms with Crippen molar-refractivity contribution in [3.63, 3.8) is 0 Å². The summed E-state index contributed by atoms with van der Waals surface area (Å²) in [6, 6.07) is 17.4. The van der Waals surface area contributed by atoms with Gasteiger partial charge in [-0.2, -0.15) is 0 Å². The number of hydrogen-bond donors (Lipinski definition) is 0. The third-order valence-corrected chi connectivity index (χ3v) is 5.39. The number of nitrogens with zero attached hydrogens (tertiary/aromatic N) is 1. The molecule has 0 N–H and O–H groups in total. The van der Waals surface area contributed by atoms with Crippen LogP contribution in [-0.2, 0) is 22.7 Å². The summed E-state index contributed by atoms with van der Waals surface area (Å²) in [6.07, 6.45) is 3.11. The Hall–Kier alpha value is -2.79. The van der Waals surface area contributed by atoms with E-state index in [1.807, 2.05) is 67.6 Å². The van der Waals surface area contributed by atoms with Crippen LogP contribution in [0.4, 0.5) is 4.79 Å². The molecule has 0 aromatic heterocycles. The molecule has 0 radical (unpaired) electrons. The molecule has 0 aliphatic carbocycles. The van der Waals surface area contributed by atoms with Gasteiger partial charge in [0.1, 0.15) is 12.4 Å². The Kier molecular flexibility index (Phi) is 7.30. The Balaban J connectivity index is 1.60. The Bertz CT molecular complexity index is 790. The number of methoxy groups -OCH3 is 1. The highest BCUT2D eigenvalue weighted by Crippen LogP contribution is 2.28. The first kappa shape index (κ1) is 20.9. The van der Waals surface area contributed by atoms with Crippen molar-refractivity contribution < 1.29 is 19.0 Å². The zero-order chi connectivity index (χ0) is 20.6. The molecule has 1 heterocycles. The molecular weight excluding hydrogens is 366 g/mol. The minimum absolute atomic E-state index is 0.0471. The molecule has 3 rings (SSSR count). The standard InChI is InChI=1S/C24H29NO4/c1-4-21-12-15-23(28-16-20-10-13-22(27-3)14-11-20)18(2)25(21)24(26)29-17-19-8-6-5-7-9-19/h4-11,13-14,18,21,23H,1,12,15-17H2,2-3H3/t18-,21-,23-/m1/s1. The highest BCUT2D eigenvalue weighted by atomic mass is 16.6. The third-order valence-electron chi connectivity index (χ3n) is 5.39. The van der Waals surface area contributed by atoms with Crippen molar-refractivity contribution in [3.05, 3.63) is 78.4 Å². The molecule has 1 amide bonds. The largest absolute Gasteiger partial charge is 0.497 e.